The maximum Gasteiger partial charge on any atom is 0.282 e. The van der Waals surface area contributed by atoms with Gasteiger partial charge in [-0.3, -0.25) is 14.9 Å². The molecule has 2 aromatic rings. The van der Waals surface area contributed by atoms with Crippen molar-refractivity contribution in [3.63, 3.8) is 0 Å². The number of nitrogens with two attached hydrogens (primary N) is 1. The Balaban J connectivity index is 2.37. The fraction of sp³-hybridized carbons (Fsp3) is 0.0714. The van der Waals surface area contributed by atoms with Gasteiger partial charge in [0.25, 0.3) is 11.6 Å². The number of halogens is 1. The van der Waals surface area contributed by atoms with Gasteiger partial charge in [0.05, 0.1) is 4.92 Å². The highest BCUT2D eigenvalue weighted by atomic mass is 19.1. The third-order valence-electron chi connectivity index (χ3n) is 2.89. The number of benzene rings is 2. The second-order valence-corrected chi connectivity index (χ2v) is 4.23. The van der Waals surface area contributed by atoms with E-state index in [-0.39, 0.29) is 12.1 Å². The van der Waals surface area contributed by atoms with Crippen LogP contribution in [0.4, 0.5) is 15.8 Å². The van der Waals surface area contributed by atoms with Crippen LogP contribution in [0.3, 0.4) is 0 Å². The van der Waals surface area contributed by atoms with Crippen LogP contribution in [0.15, 0.2) is 42.5 Å². The van der Waals surface area contributed by atoms with E-state index >= 15 is 0 Å². The predicted octanol–water partition coefficient (Wildman–Crippen LogP) is 2.44. The van der Waals surface area contributed by atoms with Gasteiger partial charge in [-0.1, -0.05) is 18.2 Å². The summed E-state index contributed by atoms with van der Waals surface area (Å²) in [5.41, 5.74) is 5.85. The number of rotatable bonds is 4. The van der Waals surface area contributed by atoms with Crippen LogP contribution < -0.4 is 11.1 Å². The largest absolute Gasteiger partial charge is 0.326 e. The van der Waals surface area contributed by atoms with E-state index < -0.39 is 22.3 Å². The summed E-state index contributed by atoms with van der Waals surface area (Å²) in [6.45, 7) is 0.196. The van der Waals surface area contributed by atoms with Gasteiger partial charge < -0.3 is 11.1 Å². The van der Waals surface area contributed by atoms with Gasteiger partial charge in [-0.2, -0.15) is 0 Å². The van der Waals surface area contributed by atoms with E-state index in [0.29, 0.717) is 11.3 Å². The maximum atomic E-state index is 13.2. The zero-order valence-corrected chi connectivity index (χ0v) is 10.9. The normalized spacial score (nSPS) is 10.2. The summed E-state index contributed by atoms with van der Waals surface area (Å²) in [4.78, 5) is 22.3. The predicted molar refractivity (Wildman–Crippen MR) is 75.3 cm³/mol. The second kappa shape index (κ2) is 6.10. The van der Waals surface area contributed by atoms with E-state index in [0.717, 1.165) is 18.2 Å². The highest BCUT2D eigenvalue weighted by Gasteiger charge is 2.21. The lowest BCUT2D eigenvalue weighted by Crippen LogP contribution is -2.16. The van der Waals surface area contributed by atoms with Crippen molar-refractivity contribution in [2.24, 2.45) is 5.73 Å². The lowest BCUT2D eigenvalue weighted by atomic mass is 10.1. The molecular weight excluding hydrogens is 277 g/mol. The second-order valence-electron chi connectivity index (χ2n) is 4.23. The van der Waals surface area contributed by atoms with Crippen LogP contribution >= 0.6 is 0 Å². The standard InChI is InChI=1S/C14H12FN3O3/c15-10-5-6-13(18(20)21)11(7-10)14(19)17-12-4-2-1-3-9(12)8-16/h1-7H,8,16H2,(H,17,19). The number of nitro groups is 1. The number of carbonyl (C=O) groups excluding carboxylic acids is 1. The number of nitrogens with one attached hydrogen (secondary N) is 1. The topological polar surface area (TPSA) is 98.3 Å². The summed E-state index contributed by atoms with van der Waals surface area (Å²) >= 11 is 0. The Bertz CT molecular complexity index is 704. The molecule has 0 saturated heterocycles. The molecule has 0 spiro atoms. The van der Waals surface area contributed by atoms with Crippen LogP contribution in [0, 0.1) is 15.9 Å². The van der Waals surface area contributed by atoms with E-state index in [4.69, 9.17) is 5.73 Å². The molecule has 7 heteroatoms. The Morgan fingerprint density at radius 2 is 2.00 bits per heavy atom. The molecule has 0 aromatic heterocycles. The van der Waals surface area contributed by atoms with E-state index in [1.165, 1.54) is 0 Å². The summed E-state index contributed by atoms with van der Waals surface area (Å²) in [6, 6.07) is 9.50. The average Bonchev–Trinajstić information content (AvgIpc) is 2.47. The van der Waals surface area contributed by atoms with Crippen LogP contribution in [-0.2, 0) is 6.54 Å². The van der Waals surface area contributed by atoms with Gasteiger partial charge in [-0.05, 0) is 23.8 Å². The molecule has 0 fully saturated rings. The Hall–Kier alpha value is -2.80. The van der Waals surface area contributed by atoms with E-state index in [1.807, 2.05) is 0 Å². The van der Waals surface area contributed by atoms with Gasteiger partial charge in [-0.25, -0.2) is 4.39 Å². The molecule has 0 bridgehead atoms. The van der Waals surface area contributed by atoms with Crippen LogP contribution in [0.2, 0.25) is 0 Å². The average molecular weight is 289 g/mol. The first-order valence-corrected chi connectivity index (χ1v) is 6.06. The molecule has 3 N–H and O–H groups in total. The number of hydrogen-bond acceptors (Lipinski definition) is 4. The molecule has 0 aliphatic rings. The fourth-order valence-electron chi connectivity index (χ4n) is 1.86. The van der Waals surface area contributed by atoms with Crippen molar-refractivity contribution in [3.05, 3.63) is 69.5 Å². The molecule has 0 saturated carbocycles. The molecule has 0 radical (unpaired) electrons. The van der Waals surface area contributed by atoms with Crippen molar-refractivity contribution in [3.8, 4) is 0 Å². The van der Waals surface area contributed by atoms with Gasteiger partial charge in [0.2, 0.25) is 0 Å². The van der Waals surface area contributed by atoms with Crippen molar-refractivity contribution < 1.29 is 14.1 Å². The molecule has 0 heterocycles. The molecule has 2 rings (SSSR count). The number of para-hydroxylation sites is 1. The Morgan fingerprint density at radius 1 is 1.29 bits per heavy atom. The zero-order valence-electron chi connectivity index (χ0n) is 10.9. The van der Waals surface area contributed by atoms with Gasteiger partial charge in [0.1, 0.15) is 11.4 Å². The summed E-state index contributed by atoms with van der Waals surface area (Å²) in [5.74, 6) is -1.49. The fourth-order valence-corrected chi connectivity index (χ4v) is 1.86. The van der Waals surface area contributed by atoms with E-state index in [2.05, 4.69) is 5.32 Å². The van der Waals surface area contributed by atoms with Crippen LogP contribution in [0.5, 0.6) is 0 Å². The Kier molecular flexibility index (Phi) is 4.24. The van der Waals surface area contributed by atoms with E-state index in [1.54, 1.807) is 24.3 Å². The molecule has 2 aromatic carbocycles. The van der Waals surface area contributed by atoms with Crippen molar-refractivity contribution in [2.45, 2.75) is 6.54 Å². The minimum atomic E-state index is -0.762. The molecule has 1 amide bonds. The SMILES string of the molecule is NCc1ccccc1NC(=O)c1cc(F)ccc1[N+](=O)[O-]. The highest BCUT2D eigenvalue weighted by Crippen LogP contribution is 2.22. The van der Waals surface area contributed by atoms with Crippen LogP contribution in [0.1, 0.15) is 15.9 Å². The van der Waals surface area contributed by atoms with E-state index in [9.17, 15) is 19.3 Å². The minimum absolute atomic E-state index is 0.196. The summed E-state index contributed by atoms with van der Waals surface area (Å²) in [7, 11) is 0. The monoisotopic (exact) mass is 289 g/mol. The number of nitro benzene ring substituents is 1. The molecule has 0 aliphatic heterocycles. The lowest BCUT2D eigenvalue weighted by molar-refractivity contribution is -0.385. The Morgan fingerprint density at radius 3 is 2.67 bits per heavy atom. The smallest absolute Gasteiger partial charge is 0.282 e. The van der Waals surface area contributed by atoms with Gasteiger partial charge in [0, 0.05) is 18.3 Å². The van der Waals surface area contributed by atoms with Crippen molar-refractivity contribution in [2.75, 3.05) is 5.32 Å². The minimum Gasteiger partial charge on any atom is -0.326 e. The molecular formula is C14H12FN3O3. The summed E-state index contributed by atoms with van der Waals surface area (Å²) in [5, 5.41) is 13.4. The Labute approximate surface area is 119 Å². The first kappa shape index (κ1) is 14.6. The number of amides is 1. The number of hydrogen-bond donors (Lipinski definition) is 2. The third-order valence-corrected chi connectivity index (χ3v) is 2.89. The number of anilines is 1. The molecule has 108 valence electrons. The summed E-state index contributed by atoms with van der Waals surface area (Å²) < 4.78 is 13.2. The number of carbonyl (C=O) groups is 1. The van der Waals surface area contributed by atoms with Crippen LogP contribution in [0.25, 0.3) is 0 Å². The zero-order chi connectivity index (χ0) is 15.4. The molecule has 0 unspecified atom stereocenters. The van der Waals surface area contributed by atoms with Gasteiger partial charge in [0.15, 0.2) is 0 Å². The third kappa shape index (κ3) is 3.21. The number of nitrogens with zero attached hydrogens (tertiary/aromatic N) is 1. The first-order valence-electron chi connectivity index (χ1n) is 6.06. The lowest BCUT2D eigenvalue weighted by Gasteiger charge is -2.09. The van der Waals surface area contributed by atoms with Gasteiger partial charge >= 0.3 is 0 Å². The maximum absolute atomic E-state index is 13.2. The van der Waals surface area contributed by atoms with Crippen molar-refractivity contribution in [1.82, 2.24) is 0 Å². The van der Waals surface area contributed by atoms with Crippen molar-refractivity contribution in [1.29, 1.82) is 0 Å². The highest BCUT2D eigenvalue weighted by molar-refractivity contribution is 6.07. The molecule has 0 aliphatic carbocycles. The quantitative estimate of drug-likeness (QED) is 0.667. The molecule has 0 atom stereocenters. The first-order chi connectivity index (χ1) is 10.0. The summed E-state index contributed by atoms with van der Waals surface area (Å²) in [6.07, 6.45) is 0. The van der Waals surface area contributed by atoms with Crippen LogP contribution in [-0.4, -0.2) is 10.8 Å². The molecule has 6 nitrogen and oxygen atoms in total. The molecule has 21 heavy (non-hydrogen) atoms. The van der Waals surface area contributed by atoms with Gasteiger partial charge in [-0.15, -0.1) is 0 Å². The van der Waals surface area contributed by atoms with Crippen molar-refractivity contribution >= 4 is 17.3 Å².